The summed E-state index contributed by atoms with van der Waals surface area (Å²) in [5.41, 5.74) is 0.974. The first-order valence-electron chi connectivity index (χ1n) is 8.56. The number of aromatic nitrogens is 1. The number of nitro groups is 1. The minimum Gasteiger partial charge on any atom is -0.350 e. The van der Waals surface area contributed by atoms with Crippen LogP contribution in [0.5, 0.6) is 0 Å². The highest BCUT2D eigenvalue weighted by molar-refractivity contribution is 8.18. The zero-order valence-electron chi connectivity index (χ0n) is 15.3. The van der Waals surface area contributed by atoms with E-state index in [2.05, 4.69) is 10.3 Å². The molecule has 2 heterocycles. The van der Waals surface area contributed by atoms with Crippen molar-refractivity contribution >= 4 is 40.6 Å². The fourth-order valence-electron chi connectivity index (χ4n) is 2.75. The van der Waals surface area contributed by atoms with Gasteiger partial charge in [0.2, 0.25) is 0 Å². The van der Waals surface area contributed by atoms with Gasteiger partial charge in [-0.1, -0.05) is 12.1 Å². The SMILES string of the molecule is Cc1c(C(=O)NCCN2C(=O)S/C(=C/c3cccnc3)C2=O)cccc1[N+](=O)[O-]. The number of thioether (sulfide) groups is 1. The lowest BCUT2D eigenvalue weighted by atomic mass is 10.1. The molecular formula is C19H16N4O5S. The monoisotopic (exact) mass is 412 g/mol. The molecule has 0 atom stereocenters. The van der Waals surface area contributed by atoms with Crippen LogP contribution in [0.15, 0.2) is 47.6 Å². The maximum absolute atomic E-state index is 12.4. The van der Waals surface area contributed by atoms with Gasteiger partial charge in [-0.2, -0.15) is 0 Å². The summed E-state index contributed by atoms with van der Waals surface area (Å²) in [6, 6.07) is 7.72. The molecule has 0 saturated carbocycles. The number of hydrogen-bond donors (Lipinski definition) is 1. The van der Waals surface area contributed by atoms with E-state index >= 15 is 0 Å². The molecule has 1 N–H and O–H groups in total. The molecule has 9 nitrogen and oxygen atoms in total. The number of nitrogens with one attached hydrogen (secondary N) is 1. The highest BCUT2D eigenvalue weighted by atomic mass is 32.2. The molecule has 1 aromatic heterocycles. The van der Waals surface area contributed by atoms with Gasteiger partial charge in [0, 0.05) is 42.7 Å². The van der Waals surface area contributed by atoms with Crippen LogP contribution in [0.4, 0.5) is 10.5 Å². The highest BCUT2D eigenvalue weighted by Gasteiger charge is 2.34. The van der Waals surface area contributed by atoms with Crippen molar-refractivity contribution < 1.29 is 19.3 Å². The predicted octanol–water partition coefficient (Wildman–Crippen LogP) is 2.76. The Morgan fingerprint density at radius 3 is 2.79 bits per heavy atom. The molecule has 2 aromatic rings. The van der Waals surface area contributed by atoms with E-state index in [1.165, 1.54) is 25.1 Å². The Morgan fingerprint density at radius 1 is 1.31 bits per heavy atom. The summed E-state index contributed by atoms with van der Waals surface area (Å²) < 4.78 is 0. The Morgan fingerprint density at radius 2 is 2.10 bits per heavy atom. The van der Waals surface area contributed by atoms with Crippen LogP contribution in [0.25, 0.3) is 6.08 Å². The van der Waals surface area contributed by atoms with Gasteiger partial charge in [0.1, 0.15) is 0 Å². The van der Waals surface area contributed by atoms with E-state index in [1.54, 1.807) is 30.6 Å². The van der Waals surface area contributed by atoms with Gasteiger partial charge >= 0.3 is 0 Å². The first-order chi connectivity index (χ1) is 13.9. The Labute approximate surface area is 170 Å². The fourth-order valence-corrected chi connectivity index (χ4v) is 3.61. The summed E-state index contributed by atoms with van der Waals surface area (Å²) in [7, 11) is 0. The largest absolute Gasteiger partial charge is 0.350 e. The molecule has 0 aliphatic carbocycles. The minimum absolute atomic E-state index is 0.00520. The van der Waals surface area contributed by atoms with E-state index in [0.29, 0.717) is 5.56 Å². The molecule has 3 amide bonds. The lowest BCUT2D eigenvalue weighted by Crippen LogP contribution is -2.37. The molecule has 29 heavy (non-hydrogen) atoms. The molecule has 1 fully saturated rings. The number of imide groups is 1. The lowest BCUT2D eigenvalue weighted by Gasteiger charge is -2.13. The van der Waals surface area contributed by atoms with Crippen LogP contribution in [-0.2, 0) is 4.79 Å². The number of hydrogen-bond acceptors (Lipinski definition) is 7. The minimum atomic E-state index is -0.555. The van der Waals surface area contributed by atoms with Gasteiger partial charge in [-0.15, -0.1) is 0 Å². The van der Waals surface area contributed by atoms with Gasteiger partial charge in [-0.05, 0) is 42.5 Å². The zero-order valence-corrected chi connectivity index (χ0v) is 16.1. The summed E-state index contributed by atoms with van der Waals surface area (Å²) in [6.07, 6.45) is 4.77. The molecule has 1 saturated heterocycles. The molecular weight excluding hydrogens is 396 g/mol. The van der Waals surface area contributed by atoms with Gasteiger partial charge in [0.05, 0.1) is 9.83 Å². The topological polar surface area (TPSA) is 123 Å². The third kappa shape index (κ3) is 4.49. The number of carbonyl (C=O) groups excluding carboxylic acids is 3. The van der Waals surface area contributed by atoms with Gasteiger partial charge in [0.15, 0.2) is 0 Å². The van der Waals surface area contributed by atoms with Gasteiger partial charge in [-0.3, -0.25) is 34.4 Å². The average molecular weight is 412 g/mol. The second-order valence-corrected chi connectivity index (χ2v) is 7.08. The molecule has 1 aliphatic rings. The van der Waals surface area contributed by atoms with Crippen molar-refractivity contribution in [1.82, 2.24) is 15.2 Å². The number of amides is 3. The van der Waals surface area contributed by atoms with E-state index in [-0.39, 0.29) is 34.8 Å². The first kappa shape index (κ1) is 20.2. The Hall–Kier alpha value is -3.53. The smallest absolute Gasteiger partial charge is 0.293 e. The van der Waals surface area contributed by atoms with Crippen molar-refractivity contribution in [2.75, 3.05) is 13.1 Å². The quantitative estimate of drug-likeness (QED) is 0.440. The van der Waals surface area contributed by atoms with Gasteiger partial charge < -0.3 is 5.32 Å². The number of nitrogens with zero attached hydrogens (tertiary/aromatic N) is 3. The van der Waals surface area contributed by atoms with Crippen molar-refractivity contribution in [2.24, 2.45) is 0 Å². The van der Waals surface area contributed by atoms with E-state index in [0.717, 1.165) is 16.7 Å². The first-order valence-corrected chi connectivity index (χ1v) is 9.37. The van der Waals surface area contributed by atoms with E-state index in [1.807, 2.05) is 0 Å². The standard InChI is InChI=1S/C19H16N4O5S/c1-12-14(5-2-6-15(12)23(27)28)17(24)21-8-9-22-18(25)16(29-19(22)26)10-13-4-3-7-20-11-13/h2-7,10-11H,8-9H2,1H3,(H,21,24)/b16-10+. The summed E-state index contributed by atoms with van der Waals surface area (Å²) >= 11 is 0.823. The average Bonchev–Trinajstić information content (AvgIpc) is 2.96. The molecule has 0 radical (unpaired) electrons. The van der Waals surface area contributed by atoms with Crippen LogP contribution in [0.2, 0.25) is 0 Å². The summed E-state index contributed by atoms with van der Waals surface area (Å²) in [5.74, 6) is -0.950. The number of carbonyl (C=O) groups is 3. The normalized spacial score (nSPS) is 15.1. The van der Waals surface area contributed by atoms with Crippen molar-refractivity contribution in [3.05, 3.63) is 74.4 Å². The fraction of sp³-hybridized carbons (Fsp3) is 0.158. The highest BCUT2D eigenvalue weighted by Crippen LogP contribution is 2.31. The summed E-state index contributed by atoms with van der Waals surface area (Å²) in [5, 5.41) is 13.2. The maximum atomic E-state index is 12.4. The predicted molar refractivity (Wildman–Crippen MR) is 107 cm³/mol. The van der Waals surface area contributed by atoms with Gasteiger partial charge in [-0.25, -0.2) is 0 Å². The molecule has 0 unspecified atom stereocenters. The van der Waals surface area contributed by atoms with Crippen molar-refractivity contribution in [2.45, 2.75) is 6.92 Å². The van der Waals surface area contributed by atoms with Crippen LogP contribution >= 0.6 is 11.8 Å². The van der Waals surface area contributed by atoms with E-state index in [9.17, 15) is 24.5 Å². The molecule has 1 aromatic carbocycles. The summed E-state index contributed by atoms with van der Waals surface area (Å²) in [4.78, 5) is 52.6. The van der Waals surface area contributed by atoms with Crippen molar-refractivity contribution in [3.8, 4) is 0 Å². The van der Waals surface area contributed by atoms with Gasteiger partial charge in [0.25, 0.3) is 22.7 Å². The maximum Gasteiger partial charge on any atom is 0.293 e. The molecule has 148 valence electrons. The number of nitro benzene ring substituents is 1. The van der Waals surface area contributed by atoms with E-state index < -0.39 is 22.0 Å². The zero-order chi connectivity index (χ0) is 21.0. The Bertz CT molecular complexity index is 1020. The second kappa shape index (κ2) is 8.65. The van der Waals surface area contributed by atoms with E-state index in [4.69, 9.17) is 0 Å². The Kier molecular flexibility index (Phi) is 6.03. The number of pyridine rings is 1. The molecule has 1 aliphatic heterocycles. The second-order valence-electron chi connectivity index (χ2n) is 6.08. The third-order valence-corrected chi connectivity index (χ3v) is 5.13. The van der Waals surface area contributed by atoms with Crippen LogP contribution in [0, 0.1) is 17.0 Å². The lowest BCUT2D eigenvalue weighted by molar-refractivity contribution is -0.385. The number of benzene rings is 1. The van der Waals surface area contributed by atoms with Crippen molar-refractivity contribution in [3.63, 3.8) is 0 Å². The third-order valence-electron chi connectivity index (χ3n) is 4.22. The van der Waals surface area contributed by atoms with Crippen LogP contribution < -0.4 is 5.32 Å². The van der Waals surface area contributed by atoms with Crippen LogP contribution in [0.3, 0.4) is 0 Å². The number of rotatable bonds is 6. The molecule has 3 rings (SSSR count). The van der Waals surface area contributed by atoms with Crippen molar-refractivity contribution in [1.29, 1.82) is 0 Å². The molecule has 10 heteroatoms. The molecule has 0 bridgehead atoms. The van der Waals surface area contributed by atoms with Crippen LogP contribution in [-0.4, -0.2) is 45.0 Å². The molecule has 0 spiro atoms. The van der Waals surface area contributed by atoms with Crippen LogP contribution in [0.1, 0.15) is 21.5 Å². The Balaban J connectivity index is 1.62. The summed E-state index contributed by atoms with van der Waals surface area (Å²) in [6.45, 7) is 1.51.